The Labute approximate surface area is 387 Å². The van der Waals surface area contributed by atoms with Gasteiger partial charge in [0.15, 0.2) is 6.10 Å². The van der Waals surface area contributed by atoms with Crippen molar-refractivity contribution in [1.29, 1.82) is 0 Å². The highest BCUT2D eigenvalue weighted by molar-refractivity contribution is 5.71. The highest BCUT2D eigenvalue weighted by atomic mass is 16.6. The Hall–Kier alpha value is -3.67. The van der Waals surface area contributed by atoms with Crippen molar-refractivity contribution in [1.82, 2.24) is 0 Å². The summed E-state index contributed by atoms with van der Waals surface area (Å²) in [6, 6.07) is 0. The SMILES string of the molecule is CC\C=C/C=C\C=C/C=C\CCCCCCCC(=O)OC(COC(=O)CCCCC/C=C\CCCCCCCCC)COC(=O)CCCCCCCC/C=C\C/C=C\C/C=C\CC. The van der Waals surface area contributed by atoms with Crippen LogP contribution in [0.5, 0.6) is 0 Å². The van der Waals surface area contributed by atoms with Gasteiger partial charge in [0.05, 0.1) is 0 Å². The van der Waals surface area contributed by atoms with Crippen LogP contribution in [0.15, 0.2) is 97.2 Å². The molecule has 1 unspecified atom stereocenters. The van der Waals surface area contributed by atoms with Crippen LogP contribution in [0.1, 0.15) is 226 Å². The third-order valence-electron chi connectivity index (χ3n) is 10.6. The van der Waals surface area contributed by atoms with Gasteiger partial charge >= 0.3 is 17.9 Å². The maximum absolute atomic E-state index is 12.8. The van der Waals surface area contributed by atoms with Crippen LogP contribution in [0, 0.1) is 0 Å². The van der Waals surface area contributed by atoms with Crippen molar-refractivity contribution in [3.63, 3.8) is 0 Å². The van der Waals surface area contributed by atoms with Crippen LogP contribution in [0.25, 0.3) is 0 Å². The van der Waals surface area contributed by atoms with Gasteiger partial charge in [-0.15, -0.1) is 0 Å². The average Bonchev–Trinajstić information content (AvgIpc) is 3.28. The largest absolute Gasteiger partial charge is 0.462 e. The van der Waals surface area contributed by atoms with Crippen molar-refractivity contribution in [3.8, 4) is 0 Å². The van der Waals surface area contributed by atoms with Crippen LogP contribution >= 0.6 is 0 Å². The predicted molar refractivity (Wildman–Crippen MR) is 270 cm³/mol. The van der Waals surface area contributed by atoms with Crippen molar-refractivity contribution in [2.45, 2.75) is 232 Å². The molecule has 0 spiro atoms. The molecule has 0 fully saturated rings. The molecule has 0 aliphatic rings. The minimum atomic E-state index is -0.802. The maximum Gasteiger partial charge on any atom is 0.306 e. The number of carbonyl (C=O) groups is 3. The van der Waals surface area contributed by atoms with E-state index in [2.05, 4.69) is 93.7 Å². The van der Waals surface area contributed by atoms with E-state index in [1.54, 1.807) is 0 Å². The van der Waals surface area contributed by atoms with Crippen molar-refractivity contribution in [2.75, 3.05) is 13.2 Å². The molecule has 63 heavy (non-hydrogen) atoms. The van der Waals surface area contributed by atoms with Gasteiger partial charge in [0.2, 0.25) is 0 Å². The first-order valence-electron chi connectivity index (χ1n) is 25.8. The minimum Gasteiger partial charge on any atom is -0.462 e. The molecular weight excluding hydrogens is 781 g/mol. The molecule has 0 radical (unpaired) electrons. The van der Waals surface area contributed by atoms with E-state index in [1.807, 2.05) is 24.3 Å². The molecule has 0 N–H and O–H groups in total. The Morgan fingerprint density at radius 2 is 0.698 bits per heavy atom. The fourth-order valence-corrected chi connectivity index (χ4v) is 6.81. The van der Waals surface area contributed by atoms with E-state index in [0.717, 1.165) is 128 Å². The summed E-state index contributed by atoms with van der Waals surface area (Å²) < 4.78 is 16.8. The van der Waals surface area contributed by atoms with Crippen molar-refractivity contribution < 1.29 is 28.6 Å². The van der Waals surface area contributed by atoms with E-state index in [9.17, 15) is 14.4 Å². The lowest BCUT2D eigenvalue weighted by Gasteiger charge is -2.18. The van der Waals surface area contributed by atoms with Crippen LogP contribution in [0.3, 0.4) is 0 Å². The quantitative estimate of drug-likeness (QED) is 0.0199. The number of unbranched alkanes of at least 4 members (excludes halogenated alkanes) is 21. The number of hydrogen-bond donors (Lipinski definition) is 0. The number of ether oxygens (including phenoxy) is 3. The van der Waals surface area contributed by atoms with E-state index < -0.39 is 6.10 Å². The van der Waals surface area contributed by atoms with Crippen LogP contribution in [-0.2, 0) is 28.6 Å². The summed E-state index contributed by atoms with van der Waals surface area (Å²) in [6.45, 7) is 6.33. The lowest BCUT2D eigenvalue weighted by atomic mass is 10.1. The van der Waals surface area contributed by atoms with Crippen LogP contribution < -0.4 is 0 Å². The molecule has 0 aliphatic heterocycles. The Kier molecular flexibility index (Phi) is 48.0. The molecule has 1 atom stereocenters. The fraction of sp³-hybridized carbons (Fsp3) is 0.667. The second kappa shape index (κ2) is 51.0. The molecular formula is C57H94O6. The van der Waals surface area contributed by atoms with E-state index >= 15 is 0 Å². The maximum atomic E-state index is 12.8. The second-order valence-electron chi connectivity index (χ2n) is 16.8. The highest BCUT2D eigenvalue weighted by Gasteiger charge is 2.19. The molecule has 6 heteroatoms. The fourth-order valence-electron chi connectivity index (χ4n) is 6.81. The summed E-state index contributed by atoms with van der Waals surface area (Å²) in [6.07, 6.45) is 66.7. The van der Waals surface area contributed by atoms with Gasteiger partial charge in [-0.05, 0) is 96.3 Å². The van der Waals surface area contributed by atoms with Crippen molar-refractivity contribution >= 4 is 17.9 Å². The molecule has 0 amide bonds. The van der Waals surface area contributed by atoms with E-state index in [0.29, 0.717) is 19.3 Å². The molecule has 0 aromatic rings. The van der Waals surface area contributed by atoms with Gasteiger partial charge in [-0.3, -0.25) is 14.4 Å². The molecule has 0 aromatic heterocycles. The first-order valence-corrected chi connectivity index (χ1v) is 25.8. The third kappa shape index (κ3) is 49.2. The zero-order valence-electron chi connectivity index (χ0n) is 40.8. The minimum absolute atomic E-state index is 0.100. The number of esters is 3. The monoisotopic (exact) mass is 875 g/mol. The van der Waals surface area contributed by atoms with Crippen LogP contribution in [-0.4, -0.2) is 37.2 Å². The van der Waals surface area contributed by atoms with Crippen LogP contribution in [0.2, 0.25) is 0 Å². The Bertz CT molecular complexity index is 1280. The topological polar surface area (TPSA) is 78.9 Å². The van der Waals surface area contributed by atoms with E-state index in [4.69, 9.17) is 14.2 Å². The second-order valence-corrected chi connectivity index (χ2v) is 16.8. The molecule has 0 saturated carbocycles. The molecule has 0 heterocycles. The molecule has 6 nitrogen and oxygen atoms in total. The highest BCUT2D eigenvalue weighted by Crippen LogP contribution is 2.13. The Balaban J connectivity index is 4.48. The summed E-state index contributed by atoms with van der Waals surface area (Å²) in [4.78, 5) is 38.0. The molecule has 0 rings (SSSR count). The standard InChI is InChI=1S/C57H94O6/c1-4-7-10-13-16-19-22-25-28-30-32-35-38-41-44-47-50-56(59)62-53-54(52-61-55(58)49-46-43-40-37-34-31-27-24-21-18-15-12-9-6-3)63-57(60)51-48-45-42-39-36-33-29-26-23-20-17-14-11-8-5-2/h7-8,10-11,14,16-17,19-20,23,25-26,28-29,31,34,54H,4-6,9,12-13,15,18,21-22,24,27,30,32-33,35-53H2,1-3H3/b10-7-,11-8-,17-14-,19-16-,23-20-,28-25-,29-26-,34-31-. The lowest BCUT2D eigenvalue weighted by Crippen LogP contribution is -2.30. The normalized spacial score (nSPS) is 12.9. The van der Waals surface area contributed by atoms with Gasteiger partial charge in [-0.25, -0.2) is 0 Å². The van der Waals surface area contributed by atoms with Gasteiger partial charge in [0.1, 0.15) is 13.2 Å². The van der Waals surface area contributed by atoms with Gasteiger partial charge in [-0.2, -0.15) is 0 Å². The Morgan fingerprint density at radius 3 is 1.19 bits per heavy atom. The van der Waals surface area contributed by atoms with Crippen LogP contribution in [0.4, 0.5) is 0 Å². The zero-order valence-corrected chi connectivity index (χ0v) is 40.8. The smallest absolute Gasteiger partial charge is 0.306 e. The molecule has 0 aliphatic carbocycles. The Morgan fingerprint density at radius 1 is 0.349 bits per heavy atom. The molecule has 358 valence electrons. The summed E-state index contributed by atoms with van der Waals surface area (Å²) in [5.74, 6) is -0.954. The first-order chi connectivity index (χ1) is 31.0. The summed E-state index contributed by atoms with van der Waals surface area (Å²) in [5, 5.41) is 0. The molecule has 0 bridgehead atoms. The van der Waals surface area contributed by atoms with Gasteiger partial charge in [-0.1, -0.05) is 208 Å². The summed E-state index contributed by atoms with van der Waals surface area (Å²) in [5.41, 5.74) is 0. The molecule has 0 saturated heterocycles. The number of hydrogen-bond acceptors (Lipinski definition) is 6. The average molecular weight is 875 g/mol. The van der Waals surface area contributed by atoms with Gasteiger partial charge in [0.25, 0.3) is 0 Å². The summed E-state index contributed by atoms with van der Waals surface area (Å²) >= 11 is 0. The zero-order chi connectivity index (χ0) is 45.8. The molecule has 0 aromatic carbocycles. The van der Waals surface area contributed by atoms with Crippen molar-refractivity contribution in [2.24, 2.45) is 0 Å². The third-order valence-corrected chi connectivity index (χ3v) is 10.6. The first kappa shape index (κ1) is 59.3. The number of rotatable bonds is 45. The van der Waals surface area contributed by atoms with Crippen molar-refractivity contribution in [3.05, 3.63) is 97.2 Å². The van der Waals surface area contributed by atoms with E-state index in [1.165, 1.54) is 57.8 Å². The van der Waals surface area contributed by atoms with Gasteiger partial charge < -0.3 is 14.2 Å². The number of carbonyl (C=O) groups excluding carboxylic acids is 3. The van der Waals surface area contributed by atoms with E-state index in [-0.39, 0.29) is 31.1 Å². The van der Waals surface area contributed by atoms with Gasteiger partial charge in [0, 0.05) is 19.3 Å². The summed E-state index contributed by atoms with van der Waals surface area (Å²) in [7, 11) is 0. The lowest BCUT2D eigenvalue weighted by molar-refractivity contribution is -0.167. The number of allylic oxidation sites excluding steroid dienone is 16. The predicted octanol–water partition coefficient (Wildman–Crippen LogP) is 17.0.